The van der Waals surface area contributed by atoms with Gasteiger partial charge in [0.25, 0.3) is 0 Å². The van der Waals surface area contributed by atoms with Gasteiger partial charge in [0, 0.05) is 17.6 Å². The van der Waals surface area contributed by atoms with Crippen LogP contribution in [-0.2, 0) is 0 Å². The number of nitriles is 1. The third kappa shape index (κ3) is 2.19. The average molecular weight is 341 g/mol. The molecule has 0 amide bonds. The summed E-state index contributed by atoms with van der Waals surface area (Å²) in [6.07, 6.45) is 6.25. The summed E-state index contributed by atoms with van der Waals surface area (Å²) in [5.41, 5.74) is 11.5. The Balaban J connectivity index is 1.87. The Morgan fingerprint density at radius 1 is 1.15 bits per heavy atom. The van der Waals surface area contributed by atoms with Crippen molar-refractivity contribution in [3.8, 4) is 6.07 Å². The van der Waals surface area contributed by atoms with Crippen LogP contribution in [-0.4, -0.2) is 20.4 Å². The van der Waals surface area contributed by atoms with Crippen LogP contribution in [0.3, 0.4) is 0 Å². The molecule has 2 N–H and O–H groups in total. The molecule has 1 saturated carbocycles. The number of pyridine rings is 2. The van der Waals surface area contributed by atoms with Crippen molar-refractivity contribution in [3.05, 3.63) is 53.7 Å². The summed E-state index contributed by atoms with van der Waals surface area (Å²) >= 11 is 0. The van der Waals surface area contributed by atoms with Gasteiger partial charge in [-0.25, -0.2) is 9.97 Å². The quantitative estimate of drug-likeness (QED) is 0.569. The number of imidazole rings is 1. The van der Waals surface area contributed by atoms with Gasteiger partial charge >= 0.3 is 0 Å². The van der Waals surface area contributed by atoms with E-state index in [0.717, 1.165) is 47.8 Å². The number of nitrogens with zero attached hydrogens (tertiary/aromatic N) is 4. The predicted octanol–water partition coefficient (Wildman–Crippen LogP) is 3.89. The summed E-state index contributed by atoms with van der Waals surface area (Å²) in [4.78, 5) is 9.33. The van der Waals surface area contributed by atoms with Gasteiger partial charge in [-0.15, -0.1) is 0 Å². The molecule has 1 aromatic carbocycles. The Morgan fingerprint density at radius 2 is 2.04 bits per heavy atom. The first-order valence-electron chi connectivity index (χ1n) is 9.11. The highest BCUT2D eigenvalue weighted by atomic mass is 15.1. The zero-order chi connectivity index (χ0) is 17.7. The third-order valence-corrected chi connectivity index (χ3v) is 5.58. The lowest BCUT2D eigenvalue weighted by Crippen LogP contribution is -2.27. The molecule has 0 bridgehead atoms. The molecule has 1 fully saturated rings. The lowest BCUT2D eigenvalue weighted by Gasteiger charge is -2.27. The van der Waals surface area contributed by atoms with E-state index in [2.05, 4.69) is 22.1 Å². The molecule has 5 rings (SSSR count). The van der Waals surface area contributed by atoms with Crippen molar-refractivity contribution >= 4 is 27.7 Å². The van der Waals surface area contributed by atoms with E-state index in [9.17, 15) is 5.26 Å². The number of hydrogen-bond donors (Lipinski definition) is 1. The zero-order valence-corrected chi connectivity index (χ0v) is 14.4. The van der Waals surface area contributed by atoms with Gasteiger partial charge in [-0.05, 0) is 55.0 Å². The summed E-state index contributed by atoms with van der Waals surface area (Å²) in [5.74, 6) is 0.419. The second-order valence-electron chi connectivity index (χ2n) is 7.19. The minimum Gasteiger partial charge on any atom is -0.328 e. The van der Waals surface area contributed by atoms with Crippen molar-refractivity contribution in [2.24, 2.45) is 5.73 Å². The Kier molecular flexibility index (Phi) is 3.41. The van der Waals surface area contributed by atoms with Crippen LogP contribution in [0.2, 0.25) is 0 Å². The standard InChI is InChI=1S/C21H19N5/c22-12-14-11-17-16(13-4-3-5-15(23)10-13)8-9-24-21(17)26-19-7-2-1-6-18(19)25-20(14)26/h1-2,6-9,11,13,15H,3-5,10,23H2/t13?,15-/m1/s1. The van der Waals surface area contributed by atoms with Crippen LogP contribution in [0, 0.1) is 11.3 Å². The molecular weight excluding hydrogens is 322 g/mol. The fraction of sp³-hybridized carbons (Fsp3) is 0.286. The molecule has 4 aromatic rings. The fourth-order valence-corrected chi connectivity index (χ4v) is 4.38. The second-order valence-corrected chi connectivity index (χ2v) is 7.19. The van der Waals surface area contributed by atoms with Crippen molar-refractivity contribution in [2.45, 2.75) is 37.6 Å². The summed E-state index contributed by atoms with van der Waals surface area (Å²) in [6, 6.07) is 14.6. The molecule has 1 unspecified atom stereocenters. The molecule has 3 heterocycles. The first-order chi connectivity index (χ1) is 12.8. The summed E-state index contributed by atoms with van der Waals surface area (Å²) in [7, 11) is 0. The van der Waals surface area contributed by atoms with Crippen molar-refractivity contribution in [3.63, 3.8) is 0 Å². The van der Waals surface area contributed by atoms with Crippen LogP contribution in [0.4, 0.5) is 0 Å². The zero-order valence-electron chi connectivity index (χ0n) is 14.4. The number of benzene rings is 1. The van der Waals surface area contributed by atoms with Crippen molar-refractivity contribution in [1.82, 2.24) is 14.4 Å². The Morgan fingerprint density at radius 3 is 2.88 bits per heavy atom. The lowest BCUT2D eigenvalue weighted by molar-refractivity contribution is 0.394. The van der Waals surface area contributed by atoms with E-state index >= 15 is 0 Å². The van der Waals surface area contributed by atoms with Gasteiger partial charge in [-0.1, -0.05) is 18.6 Å². The van der Waals surface area contributed by atoms with Crippen LogP contribution in [0.5, 0.6) is 0 Å². The maximum absolute atomic E-state index is 9.72. The Labute approximate surface area is 151 Å². The summed E-state index contributed by atoms with van der Waals surface area (Å²) in [5, 5.41) is 10.8. The molecule has 0 saturated heterocycles. The molecule has 3 aromatic heterocycles. The first kappa shape index (κ1) is 15.3. The highest BCUT2D eigenvalue weighted by Gasteiger charge is 2.24. The van der Waals surface area contributed by atoms with E-state index in [1.54, 1.807) is 0 Å². The van der Waals surface area contributed by atoms with Crippen molar-refractivity contribution in [2.75, 3.05) is 0 Å². The third-order valence-electron chi connectivity index (χ3n) is 5.58. The van der Waals surface area contributed by atoms with Crippen LogP contribution >= 0.6 is 0 Å². The lowest BCUT2D eigenvalue weighted by atomic mass is 9.81. The van der Waals surface area contributed by atoms with Crippen LogP contribution < -0.4 is 5.73 Å². The molecule has 26 heavy (non-hydrogen) atoms. The Hall–Kier alpha value is -2.97. The normalized spacial score (nSPS) is 20.6. The molecule has 5 nitrogen and oxygen atoms in total. The van der Waals surface area contributed by atoms with E-state index in [0.29, 0.717) is 17.1 Å². The number of para-hydroxylation sites is 2. The monoisotopic (exact) mass is 341 g/mol. The topological polar surface area (TPSA) is 80.0 Å². The first-order valence-corrected chi connectivity index (χ1v) is 9.11. The van der Waals surface area contributed by atoms with Gasteiger partial charge in [0.05, 0.1) is 16.6 Å². The van der Waals surface area contributed by atoms with Crippen LogP contribution in [0.15, 0.2) is 42.6 Å². The van der Waals surface area contributed by atoms with Crippen molar-refractivity contribution in [1.29, 1.82) is 5.26 Å². The number of aromatic nitrogens is 3. The maximum Gasteiger partial charge on any atom is 0.157 e. The number of hydrogen-bond acceptors (Lipinski definition) is 4. The molecule has 5 heteroatoms. The van der Waals surface area contributed by atoms with E-state index in [-0.39, 0.29) is 6.04 Å². The average Bonchev–Trinajstić information content (AvgIpc) is 3.06. The highest BCUT2D eigenvalue weighted by Crippen LogP contribution is 2.36. The summed E-state index contributed by atoms with van der Waals surface area (Å²) in [6.45, 7) is 0. The molecule has 1 aliphatic carbocycles. The molecular formula is C21H19N5. The van der Waals surface area contributed by atoms with E-state index in [1.807, 2.05) is 40.9 Å². The van der Waals surface area contributed by atoms with Gasteiger partial charge in [-0.3, -0.25) is 4.40 Å². The number of nitrogens with two attached hydrogens (primary N) is 1. The van der Waals surface area contributed by atoms with Gasteiger partial charge in [0.1, 0.15) is 11.7 Å². The minimum atomic E-state index is 0.255. The molecule has 0 spiro atoms. The van der Waals surface area contributed by atoms with E-state index < -0.39 is 0 Å². The highest BCUT2D eigenvalue weighted by molar-refractivity contribution is 5.92. The SMILES string of the molecule is N#Cc1cc2c(C3CCC[C@@H](N)C3)ccnc2n2c1nc1ccccc12. The van der Waals surface area contributed by atoms with Gasteiger partial charge in [0.2, 0.25) is 0 Å². The van der Waals surface area contributed by atoms with Gasteiger partial charge < -0.3 is 5.73 Å². The maximum atomic E-state index is 9.72. The smallest absolute Gasteiger partial charge is 0.157 e. The van der Waals surface area contributed by atoms with Crippen LogP contribution in [0.25, 0.3) is 27.7 Å². The fourth-order valence-electron chi connectivity index (χ4n) is 4.38. The second kappa shape index (κ2) is 5.79. The van der Waals surface area contributed by atoms with Gasteiger partial charge in [-0.2, -0.15) is 5.26 Å². The number of fused-ring (bicyclic) bond motifs is 5. The number of rotatable bonds is 1. The molecule has 0 radical (unpaired) electrons. The molecule has 2 atom stereocenters. The minimum absolute atomic E-state index is 0.255. The summed E-state index contributed by atoms with van der Waals surface area (Å²) < 4.78 is 2.02. The van der Waals surface area contributed by atoms with E-state index in [1.165, 1.54) is 5.56 Å². The Bertz CT molecular complexity index is 1180. The van der Waals surface area contributed by atoms with Crippen LogP contribution in [0.1, 0.15) is 42.7 Å². The molecule has 0 aliphatic heterocycles. The molecule has 128 valence electrons. The largest absolute Gasteiger partial charge is 0.328 e. The molecule has 1 aliphatic rings. The van der Waals surface area contributed by atoms with Crippen molar-refractivity contribution < 1.29 is 0 Å². The predicted molar refractivity (Wildman–Crippen MR) is 102 cm³/mol. The van der Waals surface area contributed by atoms with Gasteiger partial charge in [0.15, 0.2) is 5.65 Å². The van der Waals surface area contributed by atoms with E-state index in [4.69, 9.17) is 5.73 Å².